The molecule has 21 heavy (non-hydrogen) atoms. The number of nitrogens with zero attached hydrogens (tertiary/aromatic N) is 4. The van der Waals surface area contributed by atoms with Crippen LogP contribution in [0.25, 0.3) is 0 Å². The summed E-state index contributed by atoms with van der Waals surface area (Å²) in [6.45, 7) is 4.49. The monoisotopic (exact) mass is 288 g/mol. The molecule has 5 nitrogen and oxygen atoms in total. The maximum atomic E-state index is 9.52. The van der Waals surface area contributed by atoms with E-state index in [1.165, 1.54) is 0 Å². The van der Waals surface area contributed by atoms with Gasteiger partial charge in [-0.2, -0.15) is 5.26 Å². The van der Waals surface area contributed by atoms with Crippen molar-refractivity contribution in [3.63, 3.8) is 0 Å². The average molecular weight is 288 g/mol. The number of hydrogen-bond acceptors (Lipinski definition) is 5. The zero-order valence-electron chi connectivity index (χ0n) is 12.9. The maximum absolute atomic E-state index is 9.52. The van der Waals surface area contributed by atoms with E-state index >= 15 is 0 Å². The highest BCUT2D eigenvalue weighted by atomic mass is 16.3. The van der Waals surface area contributed by atoms with E-state index in [2.05, 4.69) is 32.9 Å². The SMILES string of the molecule is CN(C)c1ccc(C(C#N)N2CCN(CCO)CC2)cc1. The Bertz CT molecular complexity index is 472. The highest BCUT2D eigenvalue weighted by Crippen LogP contribution is 2.23. The van der Waals surface area contributed by atoms with Crippen LogP contribution in [-0.4, -0.2) is 68.3 Å². The van der Waals surface area contributed by atoms with Gasteiger partial charge in [-0.1, -0.05) is 12.1 Å². The molecule has 0 radical (unpaired) electrons. The summed E-state index contributed by atoms with van der Waals surface area (Å²) in [5, 5.41) is 18.5. The van der Waals surface area contributed by atoms with E-state index in [-0.39, 0.29) is 12.6 Å². The molecule has 1 aromatic carbocycles. The molecule has 1 aliphatic heterocycles. The summed E-state index contributed by atoms with van der Waals surface area (Å²) < 4.78 is 0. The first-order valence-electron chi connectivity index (χ1n) is 7.40. The average Bonchev–Trinajstić information content (AvgIpc) is 2.50. The minimum atomic E-state index is -0.183. The third-order valence-electron chi connectivity index (χ3n) is 4.04. The number of rotatable bonds is 5. The summed E-state index contributed by atoms with van der Waals surface area (Å²) in [5.41, 5.74) is 2.20. The lowest BCUT2D eigenvalue weighted by atomic mass is 10.0. The third-order valence-corrected chi connectivity index (χ3v) is 4.04. The van der Waals surface area contributed by atoms with Crippen LogP contribution < -0.4 is 4.90 Å². The minimum absolute atomic E-state index is 0.183. The van der Waals surface area contributed by atoms with Crippen LogP contribution in [0, 0.1) is 11.3 Å². The zero-order valence-corrected chi connectivity index (χ0v) is 12.9. The Balaban J connectivity index is 2.02. The normalized spacial score (nSPS) is 18.2. The predicted octanol–water partition coefficient (Wildman–Crippen LogP) is 0.927. The Morgan fingerprint density at radius 3 is 2.29 bits per heavy atom. The number of nitriles is 1. The molecular formula is C16H24N4O. The van der Waals surface area contributed by atoms with Gasteiger partial charge in [-0.3, -0.25) is 9.80 Å². The zero-order chi connectivity index (χ0) is 15.2. The van der Waals surface area contributed by atoms with Crippen LogP contribution >= 0.6 is 0 Å². The van der Waals surface area contributed by atoms with Gasteiger partial charge in [0, 0.05) is 52.5 Å². The highest BCUT2D eigenvalue weighted by Gasteiger charge is 2.24. The Labute approximate surface area is 127 Å². The van der Waals surface area contributed by atoms with Gasteiger partial charge in [0.05, 0.1) is 12.7 Å². The first-order chi connectivity index (χ1) is 10.2. The molecule has 1 N–H and O–H groups in total. The van der Waals surface area contributed by atoms with E-state index < -0.39 is 0 Å². The topological polar surface area (TPSA) is 53.7 Å². The van der Waals surface area contributed by atoms with Gasteiger partial charge in [0.15, 0.2) is 0 Å². The molecule has 1 aromatic rings. The fourth-order valence-electron chi connectivity index (χ4n) is 2.71. The molecule has 1 aliphatic rings. The Morgan fingerprint density at radius 1 is 1.19 bits per heavy atom. The molecule has 0 aliphatic carbocycles. The van der Waals surface area contributed by atoms with Crippen molar-refractivity contribution in [2.45, 2.75) is 6.04 Å². The first kappa shape index (κ1) is 15.8. The van der Waals surface area contributed by atoms with Crippen molar-refractivity contribution >= 4 is 5.69 Å². The molecular weight excluding hydrogens is 264 g/mol. The largest absolute Gasteiger partial charge is 0.395 e. The minimum Gasteiger partial charge on any atom is -0.395 e. The maximum Gasteiger partial charge on any atom is 0.123 e. The number of aliphatic hydroxyl groups excluding tert-OH is 1. The second kappa shape index (κ2) is 7.41. The molecule has 0 aromatic heterocycles. The van der Waals surface area contributed by atoms with Crippen LogP contribution in [0.2, 0.25) is 0 Å². The molecule has 1 heterocycles. The molecule has 1 fully saturated rings. The van der Waals surface area contributed by atoms with Crippen LogP contribution in [-0.2, 0) is 0 Å². The number of β-amino-alcohol motifs (C(OH)–C–C–N with tert-alkyl or cyclic N) is 1. The first-order valence-corrected chi connectivity index (χ1v) is 7.40. The highest BCUT2D eigenvalue weighted by molar-refractivity contribution is 5.47. The summed E-state index contributed by atoms with van der Waals surface area (Å²) in [4.78, 5) is 6.51. The van der Waals surface area contributed by atoms with Crippen molar-refractivity contribution in [1.82, 2.24) is 9.80 Å². The van der Waals surface area contributed by atoms with Gasteiger partial charge >= 0.3 is 0 Å². The molecule has 5 heteroatoms. The molecule has 0 saturated carbocycles. The molecule has 1 saturated heterocycles. The second-order valence-corrected chi connectivity index (χ2v) is 5.62. The van der Waals surface area contributed by atoms with E-state index in [0.717, 1.165) is 44.0 Å². The van der Waals surface area contributed by atoms with Gasteiger partial charge in [0.25, 0.3) is 0 Å². The molecule has 1 atom stereocenters. The Kier molecular flexibility index (Phi) is 5.57. The Hall–Kier alpha value is -1.61. The van der Waals surface area contributed by atoms with Crippen LogP contribution in [0.1, 0.15) is 11.6 Å². The van der Waals surface area contributed by atoms with Crippen LogP contribution in [0.15, 0.2) is 24.3 Å². The molecule has 0 bridgehead atoms. The quantitative estimate of drug-likeness (QED) is 0.873. The fraction of sp³-hybridized carbons (Fsp3) is 0.562. The van der Waals surface area contributed by atoms with Crippen molar-refractivity contribution in [2.75, 3.05) is 58.3 Å². The van der Waals surface area contributed by atoms with E-state index in [9.17, 15) is 5.26 Å². The van der Waals surface area contributed by atoms with Crippen molar-refractivity contribution in [2.24, 2.45) is 0 Å². The van der Waals surface area contributed by atoms with Crippen LogP contribution in [0.4, 0.5) is 5.69 Å². The summed E-state index contributed by atoms with van der Waals surface area (Å²) in [5.74, 6) is 0. The van der Waals surface area contributed by atoms with Crippen molar-refractivity contribution in [3.8, 4) is 6.07 Å². The van der Waals surface area contributed by atoms with Gasteiger partial charge < -0.3 is 10.0 Å². The van der Waals surface area contributed by atoms with E-state index in [1.807, 2.05) is 26.2 Å². The molecule has 0 amide bonds. The summed E-state index contributed by atoms with van der Waals surface area (Å²) in [6.07, 6.45) is 0. The number of piperazine rings is 1. The second-order valence-electron chi connectivity index (χ2n) is 5.62. The van der Waals surface area contributed by atoms with Crippen molar-refractivity contribution in [3.05, 3.63) is 29.8 Å². The van der Waals surface area contributed by atoms with E-state index in [4.69, 9.17) is 5.11 Å². The molecule has 114 valence electrons. The van der Waals surface area contributed by atoms with E-state index in [1.54, 1.807) is 0 Å². The number of benzene rings is 1. The molecule has 0 spiro atoms. The number of anilines is 1. The molecule has 1 unspecified atom stereocenters. The molecule has 2 rings (SSSR count). The summed E-state index contributed by atoms with van der Waals surface area (Å²) >= 11 is 0. The number of hydrogen-bond donors (Lipinski definition) is 1. The van der Waals surface area contributed by atoms with Crippen molar-refractivity contribution < 1.29 is 5.11 Å². The third kappa shape index (κ3) is 3.94. The van der Waals surface area contributed by atoms with Crippen LogP contribution in [0.3, 0.4) is 0 Å². The summed E-state index contributed by atoms with van der Waals surface area (Å²) in [7, 11) is 4.02. The van der Waals surface area contributed by atoms with Gasteiger partial charge in [-0.25, -0.2) is 0 Å². The standard InChI is InChI=1S/C16H24N4O/c1-18(2)15-5-3-14(4-6-15)16(13-17)20-9-7-19(8-10-20)11-12-21/h3-6,16,21H,7-12H2,1-2H3. The van der Waals surface area contributed by atoms with Gasteiger partial charge in [-0.15, -0.1) is 0 Å². The van der Waals surface area contributed by atoms with Gasteiger partial charge in [0.2, 0.25) is 0 Å². The Morgan fingerprint density at radius 2 is 1.81 bits per heavy atom. The predicted molar refractivity (Wildman–Crippen MR) is 84.2 cm³/mol. The van der Waals surface area contributed by atoms with E-state index in [0.29, 0.717) is 0 Å². The van der Waals surface area contributed by atoms with Gasteiger partial charge in [0.1, 0.15) is 6.04 Å². The van der Waals surface area contributed by atoms with Crippen molar-refractivity contribution in [1.29, 1.82) is 5.26 Å². The number of aliphatic hydroxyl groups is 1. The lowest BCUT2D eigenvalue weighted by Gasteiger charge is -2.36. The summed E-state index contributed by atoms with van der Waals surface area (Å²) in [6, 6.07) is 10.4. The fourth-order valence-corrected chi connectivity index (χ4v) is 2.71. The lowest BCUT2D eigenvalue weighted by Crippen LogP contribution is -2.48. The van der Waals surface area contributed by atoms with Crippen LogP contribution in [0.5, 0.6) is 0 Å². The lowest BCUT2D eigenvalue weighted by molar-refractivity contribution is 0.0982. The smallest absolute Gasteiger partial charge is 0.123 e. The van der Waals surface area contributed by atoms with Gasteiger partial charge in [-0.05, 0) is 17.7 Å².